The second kappa shape index (κ2) is 3.01. The van der Waals surface area contributed by atoms with Crippen molar-refractivity contribution in [2.45, 2.75) is 0 Å². The summed E-state index contributed by atoms with van der Waals surface area (Å²) in [5, 5.41) is 0. The minimum atomic E-state index is -0.309. The van der Waals surface area contributed by atoms with Gasteiger partial charge in [0.1, 0.15) is 0 Å². The second-order valence-corrected chi connectivity index (χ2v) is 2.08. The third-order valence-electron chi connectivity index (χ3n) is 1.30. The molecule has 0 aromatic rings. The molecule has 2 N–H and O–H groups in total. The van der Waals surface area contributed by atoms with E-state index in [9.17, 15) is 4.79 Å². The molecule has 0 aromatic heterocycles. The first-order valence-electron chi connectivity index (χ1n) is 3.11. The van der Waals surface area contributed by atoms with Gasteiger partial charge in [0, 0.05) is 0 Å². The van der Waals surface area contributed by atoms with E-state index in [1.54, 1.807) is 12.2 Å². The van der Waals surface area contributed by atoms with Crippen LogP contribution in [0.2, 0.25) is 0 Å². The summed E-state index contributed by atoms with van der Waals surface area (Å²) in [5.41, 5.74) is 5.07. The van der Waals surface area contributed by atoms with E-state index >= 15 is 0 Å². The summed E-state index contributed by atoms with van der Waals surface area (Å²) < 4.78 is 0. The average molecular weight is 135 g/mol. The van der Waals surface area contributed by atoms with Crippen molar-refractivity contribution in [2.75, 3.05) is 0 Å². The first-order chi connectivity index (χ1) is 4.80. The third-order valence-corrected chi connectivity index (χ3v) is 1.30. The fourth-order valence-corrected chi connectivity index (χ4v) is 0.750. The summed E-state index contributed by atoms with van der Waals surface area (Å²) in [6, 6.07) is 0. The van der Waals surface area contributed by atoms with Crippen LogP contribution in [0.4, 0.5) is 0 Å². The quantitative estimate of drug-likeness (QED) is 0.567. The van der Waals surface area contributed by atoms with Gasteiger partial charge in [-0.2, -0.15) is 0 Å². The van der Waals surface area contributed by atoms with Gasteiger partial charge in [0.05, 0.1) is 5.92 Å². The lowest BCUT2D eigenvalue weighted by atomic mass is 10.1. The molecule has 0 spiro atoms. The molecule has 2 heteroatoms. The first-order valence-corrected chi connectivity index (χ1v) is 3.11. The first kappa shape index (κ1) is 6.81. The number of hydrogen-bond donors (Lipinski definition) is 1. The lowest BCUT2D eigenvalue weighted by molar-refractivity contribution is -0.119. The highest BCUT2D eigenvalue weighted by Crippen LogP contribution is 2.03. The minimum Gasteiger partial charge on any atom is -0.369 e. The standard InChI is InChI=1S/C8H9NO/c9-8(10)7-5-3-1-2-4-6-7/h1-7H,(H2,9,10). The van der Waals surface area contributed by atoms with Crippen LogP contribution in [0.5, 0.6) is 0 Å². The zero-order valence-corrected chi connectivity index (χ0v) is 5.53. The van der Waals surface area contributed by atoms with Crippen LogP contribution in [0, 0.1) is 5.92 Å². The summed E-state index contributed by atoms with van der Waals surface area (Å²) in [5.74, 6) is -0.550. The Labute approximate surface area is 59.7 Å². The van der Waals surface area contributed by atoms with Gasteiger partial charge in [-0.05, 0) is 0 Å². The Bertz CT molecular complexity index is 197. The van der Waals surface area contributed by atoms with Gasteiger partial charge < -0.3 is 5.73 Å². The maximum absolute atomic E-state index is 10.6. The normalized spacial score (nSPS) is 17.2. The van der Waals surface area contributed by atoms with Gasteiger partial charge in [-0.1, -0.05) is 36.5 Å². The predicted octanol–water partition coefficient (Wildman–Crippen LogP) is 0.770. The number of carbonyl (C=O) groups is 1. The molecule has 0 saturated heterocycles. The number of amides is 1. The Balaban J connectivity index is 2.72. The molecular weight excluding hydrogens is 126 g/mol. The van der Waals surface area contributed by atoms with Gasteiger partial charge in [0.15, 0.2) is 0 Å². The van der Waals surface area contributed by atoms with Crippen LogP contribution in [0.25, 0.3) is 0 Å². The summed E-state index contributed by atoms with van der Waals surface area (Å²) in [7, 11) is 0. The van der Waals surface area contributed by atoms with E-state index in [-0.39, 0.29) is 11.8 Å². The van der Waals surface area contributed by atoms with E-state index in [4.69, 9.17) is 5.73 Å². The number of primary amides is 1. The zero-order chi connectivity index (χ0) is 7.40. The van der Waals surface area contributed by atoms with Crippen molar-refractivity contribution in [3.63, 3.8) is 0 Å². The number of hydrogen-bond acceptors (Lipinski definition) is 1. The number of rotatable bonds is 1. The molecule has 0 fully saturated rings. The topological polar surface area (TPSA) is 43.1 Å². The lowest BCUT2D eigenvalue weighted by Crippen LogP contribution is -2.19. The molecule has 0 unspecified atom stereocenters. The van der Waals surface area contributed by atoms with Crippen LogP contribution in [0.15, 0.2) is 36.5 Å². The SMILES string of the molecule is NC(=O)C1C=CC=CC=C1. The molecule has 0 radical (unpaired) electrons. The van der Waals surface area contributed by atoms with Gasteiger partial charge >= 0.3 is 0 Å². The van der Waals surface area contributed by atoms with Gasteiger partial charge in [-0.25, -0.2) is 0 Å². The van der Waals surface area contributed by atoms with E-state index in [0.29, 0.717) is 0 Å². The molecule has 2 nitrogen and oxygen atoms in total. The fraction of sp³-hybridized carbons (Fsp3) is 0.125. The largest absolute Gasteiger partial charge is 0.369 e. The summed E-state index contributed by atoms with van der Waals surface area (Å²) in [4.78, 5) is 10.6. The summed E-state index contributed by atoms with van der Waals surface area (Å²) in [6.45, 7) is 0. The van der Waals surface area contributed by atoms with E-state index in [0.717, 1.165) is 0 Å². The van der Waals surface area contributed by atoms with Crippen LogP contribution in [0.3, 0.4) is 0 Å². The Morgan fingerprint density at radius 1 is 1.10 bits per heavy atom. The molecule has 0 saturated carbocycles. The van der Waals surface area contributed by atoms with Gasteiger partial charge in [0.2, 0.25) is 5.91 Å². The number of carbonyl (C=O) groups excluding carboxylic acids is 1. The van der Waals surface area contributed by atoms with Gasteiger partial charge in [-0.15, -0.1) is 0 Å². The molecule has 0 heterocycles. The Hall–Kier alpha value is -1.31. The molecule has 1 rings (SSSR count). The van der Waals surface area contributed by atoms with Crippen LogP contribution in [-0.4, -0.2) is 5.91 Å². The van der Waals surface area contributed by atoms with E-state index in [2.05, 4.69) is 0 Å². The number of allylic oxidation sites excluding steroid dienone is 4. The van der Waals surface area contributed by atoms with Crippen molar-refractivity contribution in [1.29, 1.82) is 0 Å². The van der Waals surface area contributed by atoms with Gasteiger partial charge in [0.25, 0.3) is 0 Å². The van der Waals surface area contributed by atoms with Crippen molar-refractivity contribution < 1.29 is 4.79 Å². The van der Waals surface area contributed by atoms with E-state index in [1.807, 2.05) is 24.3 Å². The summed E-state index contributed by atoms with van der Waals surface area (Å²) in [6.07, 6.45) is 10.9. The maximum Gasteiger partial charge on any atom is 0.228 e. The molecule has 52 valence electrons. The smallest absolute Gasteiger partial charge is 0.228 e. The van der Waals surface area contributed by atoms with Crippen molar-refractivity contribution in [3.05, 3.63) is 36.5 Å². The van der Waals surface area contributed by atoms with Crippen molar-refractivity contribution in [3.8, 4) is 0 Å². The molecular formula is C8H9NO. The second-order valence-electron chi connectivity index (χ2n) is 2.08. The molecule has 0 aliphatic heterocycles. The highest BCUT2D eigenvalue weighted by molar-refractivity contribution is 5.80. The third kappa shape index (κ3) is 1.58. The highest BCUT2D eigenvalue weighted by Gasteiger charge is 2.05. The van der Waals surface area contributed by atoms with Crippen molar-refractivity contribution in [1.82, 2.24) is 0 Å². The van der Waals surface area contributed by atoms with Crippen LogP contribution in [-0.2, 0) is 4.79 Å². The van der Waals surface area contributed by atoms with Crippen LogP contribution >= 0.6 is 0 Å². The number of nitrogens with two attached hydrogens (primary N) is 1. The summed E-state index contributed by atoms with van der Waals surface area (Å²) >= 11 is 0. The van der Waals surface area contributed by atoms with Crippen LogP contribution < -0.4 is 5.73 Å². The maximum atomic E-state index is 10.6. The van der Waals surface area contributed by atoms with Crippen molar-refractivity contribution in [2.24, 2.45) is 11.7 Å². The molecule has 0 atom stereocenters. The fourth-order valence-electron chi connectivity index (χ4n) is 0.750. The lowest BCUT2D eigenvalue weighted by Gasteiger charge is -1.97. The van der Waals surface area contributed by atoms with E-state index in [1.165, 1.54) is 0 Å². The predicted molar refractivity (Wildman–Crippen MR) is 40.1 cm³/mol. The molecule has 1 aliphatic carbocycles. The Morgan fingerprint density at radius 3 is 2.00 bits per heavy atom. The molecule has 1 amide bonds. The monoisotopic (exact) mass is 135 g/mol. The minimum absolute atomic E-state index is 0.241. The average Bonchev–Trinajstić information content (AvgIpc) is 2.12. The van der Waals surface area contributed by atoms with Crippen LogP contribution in [0.1, 0.15) is 0 Å². The van der Waals surface area contributed by atoms with E-state index < -0.39 is 0 Å². The van der Waals surface area contributed by atoms with Crippen molar-refractivity contribution >= 4 is 5.91 Å². The Morgan fingerprint density at radius 2 is 1.60 bits per heavy atom. The molecule has 10 heavy (non-hydrogen) atoms. The molecule has 0 aromatic carbocycles. The van der Waals surface area contributed by atoms with Gasteiger partial charge in [-0.3, -0.25) is 4.79 Å². The molecule has 1 aliphatic rings. The molecule has 0 bridgehead atoms. The zero-order valence-electron chi connectivity index (χ0n) is 5.53. The highest BCUT2D eigenvalue weighted by atomic mass is 16.1. The Kier molecular flexibility index (Phi) is 2.05.